The van der Waals surface area contributed by atoms with Crippen molar-refractivity contribution in [2.45, 2.75) is 32.6 Å². The van der Waals surface area contributed by atoms with Gasteiger partial charge in [-0.3, -0.25) is 0 Å². The Balaban J connectivity index is 1.26. The summed E-state index contributed by atoms with van der Waals surface area (Å²) >= 11 is 0. The van der Waals surface area contributed by atoms with Crippen LogP contribution in [0.4, 0.5) is 5.82 Å². The standard InChI is InChI=1S/C24H25N5/c1-16-3-6-18(7-4-16)20-9-10-23(28-27-20)29-13-11-19(12-14-29)24-25-21-8-5-17(2)15-22(21)26-24/h3-10,15,19H,11-14H2,1-2H3,(H,25,26). The summed E-state index contributed by atoms with van der Waals surface area (Å²) in [6, 6.07) is 19.0. The first-order valence-corrected chi connectivity index (χ1v) is 10.3. The number of H-pyrrole nitrogens is 1. The molecule has 1 saturated heterocycles. The molecule has 2 aromatic heterocycles. The second-order valence-electron chi connectivity index (χ2n) is 8.05. The van der Waals surface area contributed by atoms with Gasteiger partial charge in [0.25, 0.3) is 0 Å². The Labute approximate surface area is 170 Å². The molecule has 1 N–H and O–H groups in total. The molecule has 0 saturated carbocycles. The average molecular weight is 383 g/mol. The van der Waals surface area contributed by atoms with Crippen LogP contribution in [0.5, 0.6) is 0 Å². The number of aromatic nitrogens is 4. The van der Waals surface area contributed by atoms with Crippen molar-refractivity contribution in [3.63, 3.8) is 0 Å². The molecule has 0 radical (unpaired) electrons. The van der Waals surface area contributed by atoms with Gasteiger partial charge in [0.05, 0.1) is 16.7 Å². The lowest BCUT2D eigenvalue weighted by molar-refractivity contribution is 0.486. The third kappa shape index (κ3) is 3.60. The third-order valence-corrected chi connectivity index (χ3v) is 5.86. The summed E-state index contributed by atoms with van der Waals surface area (Å²) in [4.78, 5) is 10.7. The van der Waals surface area contributed by atoms with Crippen LogP contribution in [0, 0.1) is 13.8 Å². The molecule has 29 heavy (non-hydrogen) atoms. The number of aryl methyl sites for hydroxylation is 2. The summed E-state index contributed by atoms with van der Waals surface area (Å²) < 4.78 is 0. The van der Waals surface area contributed by atoms with Gasteiger partial charge < -0.3 is 9.88 Å². The predicted octanol–water partition coefficient (Wildman–Crippen LogP) is 5.02. The van der Waals surface area contributed by atoms with E-state index in [4.69, 9.17) is 4.98 Å². The highest BCUT2D eigenvalue weighted by Gasteiger charge is 2.24. The van der Waals surface area contributed by atoms with Gasteiger partial charge in [-0.2, -0.15) is 0 Å². The van der Waals surface area contributed by atoms with E-state index in [1.54, 1.807) is 0 Å². The van der Waals surface area contributed by atoms with Crippen molar-refractivity contribution >= 4 is 16.9 Å². The van der Waals surface area contributed by atoms with Crippen LogP contribution < -0.4 is 4.90 Å². The molecule has 0 bridgehead atoms. The number of nitrogens with one attached hydrogen (secondary N) is 1. The van der Waals surface area contributed by atoms with E-state index < -0.39 is 0 Å². The van der Waals surface area contributed by atoms with E-state index in [-0.39, 0.29) is 0 Å². The molecule has 2 aromatic carbocycles. The van der Waals surface area contributed by atoms with Crippen molar-refractivity contribution in [1.29, 1.82) is 0 Å². The zero-order valence-corrected chi connectivity index (χ0v) is 16.9. The van der Waals surface area contributed by atoms with E-state index in [0.717, 1.165) is 59.9 Å². The fourth-order valence-corrected chi connectivity index (χ4v) is 4.09. The van der Waals surface area contributed by atoms with Gasteiger partial charge in [-0.15, -0.1) is 10.2 Å². The largest absolute Gasteiger partial charge is 0.355 e. The zero-order valence-electron chi connectivity index (χ0n) is 16.9. The first kappa shape index (κ1) is 17.9. The van der Waals surface area contributed by atoms with Gasteiger partial charge in [-0.1, -0.05) is 35.9 Å². The minimum Gasteiger partial charge on any atom is -0.355 e. The molecular weight excluding hydrogens is 358 g/mol. The minimum absolute atomic E-state index is 0.471. The summed E-state index contributed by atoms with van der Waals surface area (Å²) in [6.45, 7) is 6.15. The van der Waals surface area contributed by atoms with Crippen molar-refractivity contribution in [2.75, 3.05) is 18.0 Å². The highest BCUT2D eigenvalue weighted by atomic mass is 15.3. The van der Waals surface area contributed by atoms with E-state index in [0.29, 0.717) is 5.92 Å². The second-order valence-corrected chi connectivity index (χ2v) is 8.05. The minimum atomic E-state index is 0.471. The molecule has 3 heterocycles. The molecule has 5 nitrogen and oxygen atoms in total. The fourth-order valence-electron chi connectivity index (χ4n) is 4.09. The van der Waals surface area contributed by atoms with Gasteiger partial charge >= 0.3 is 0 Å². The number of hydrogen-bond acceptors (Lipinski definition) is 4. The van der Waals surface area contributed by atoms with Crippen molar-refractivity contribution in [3.8, 4) is 11.3 Å². The molecule has 1 fully saturated rings. The van der Waals surface area contributed by atoms with Crippen LogP contribution in [0.25, 0.3) is 22.3 Å². The van der Waals surface area contributed by atoms with Gasteiger partial charge in [-0.05, 0) is 56.5 Å². The summed E-state index contributed by atoms with van der Waals surface area (Å²) in [5, 5.41) is 8.95. The summed E-state index contributed by atoms with van der Waals surface area (Å²) in [7, 11) is 0. The Hall–Kier alpha value is -3.21. The number of benzene rings is 2. The number of nitrogens with zero attached hydrogens (tertiary/aromatic N) is 4. The van der Waals surface area contributed by atoms with Crippen molar-refractivity contribution < 1.29 is 0 Å². The quantitative estimate of drug-likeness (QED) is 0.540. The normalized spacial score (nSPS) is 15.2. The van der Waals surface area contributed by atoms with Crippen LogP contribution in [0.2, 0.25) is 0 Å². The average Bonchev–Trinajstić information content (AvgIpc) is 3.18. The van der Waals surface area contributed by atoms with Crippen LogP contribution in [-0.4, -0.2) is 33.3 Å². The topological polar surface area (TPSA) is 57.7 Å². The monoisotopic (exact) mass is 383 g/mol. The summed E-state index contributed by atoms with van der Waals surface area (Å²) in [5.74, 6) is 2.55. The molecule has 1 aliphatic rings. The lowest BCUT2D eigenvalue weighted by atomic mass is 9.96. The highest BCUT2D eigenvalue weighted by molar-refractivity contribution is 5.76. The van der Waals surface area contributed by atoms with Crippen LogP contribution in [0.15, 0.2) is 54.6 Å². The molecule has 5 rings (SSSR count). The molecule has 0 atom stereocenters. The lowest BCUT2D eigenvalue weighted by Gasteiger charge is -2.31. The van der Waals surface area contributed by atoms with E-state index in [1.165, 1.54) is 11.1 Å². The zero-order chi connectivity index (χ0) is 19.8. The molecular formula is C24H25N5. The predicted molar refractivity (Wildman–Crippen MR) is 117 cm³/mol. The van der Waals surface area contributed by atoms with E-state index in [9.17, 15) is 0 Å². The maximum absolute atomic E-state index is 4.82. The molecule has 146 valence electrons. The van der Waals surface area contributed by atoms with Crippen molar-refractivity contribution in [3.05, 3.63) is 71.5 Å². The van der Waals surface area contributed by atoms with Crippen LogP contribution in [0.3, 0.4) is 0 Å². The Bertz CT molecular complexity index is 1120. The van der Waals surface area contributed by atoms with Crippen LogP contribution in [-0.2, 0) is 0 Å². The summed E-state index contributed by atoms with van der Waals surface area (Å²) in [6.07, 6.45) is 2.14. The number of anilines is 1. The van der Waals surface area contributed by atoms with Gasteiger partial charge in [0.15, 0.2) is 5.82 Å². The Kier molecular flexibility index (Phi) is 4.51. The number of fused-ring (bicyclic) bond motifs is 1. The van der Waals surface area contributed by atoms with Gasteiger partial charge in [-0.25, -0.2) is 4.98 Å². The fraction of sp³-hybridized carbons (Fsp3) is 0.292. The van der Waals surface area contributed by atoms with E-state index in [1.807, 2.05) is 0 Å². The van der Waals surface area contributed by atoms with E-state index >= 15 is 0 Å². The first-order valence-electron chi connectivity index (χ1n) is 10.3. The first-order chi connectivity index (χ1) is 14.2. The molecule has 0 amide bonds. The Morgan fingerprint density at radius 3 is 2.34 bits per heavy atom. The molecule has 5 heteroatoms. The molecule has 0 unspecified atom stereocenters. The van der Waals surface area contributed by atoms with Crippen LogP contribution in [0.1, 0.15) is 35.7 Å². The number of piperidine rings is 1. The molecule has 4 aromatic rings. The van der Waals surface area contributed by atoms with Gasteiger partial charge in [0, 0.05) is 24.6 Å². The maximum Gasteiger partial charge on any atom is 0.151 e. The number of rotatable bonds is 3. The van der Waals surface area contributed by atoms with E-state index in [2.05, 4.69) is 88.5 Å². The molecule has 0 aliphatic carbocycles. The summed E-state index contributed by atoms with van der Waals surface area (Å²) in [5.41, 5.74) is 6.73. The van der Waals surface area contributed by atoms with Crippen LogP contribution >= 0.6 is 0 Å². The Morgan fingerprint density at radius 1 is 0.862 bits per heavy atom. The highest BCUT2D eigenvalue weighted by Crippen LogP contribution is 2.30. The smallest absolute Gasteiger partial charge is 0.151 e. The van der Waals surface area contributed by atoms with Gasteiger partial charge in [0.1, 0.15) is 5.82 Å². The number of aromatic amines is 1. The third-order valence-electron chi connectivity index (χ3n) is 5.86. The second kappa shape index (κ2) is 7.32. The maximum atomic E-state index is 4.82. The number of imidazole rings is 1. The SMILES string of the molecule is Cc1ccc(-c2ccc(N3CCC(c4nc5ccc(C)cc5[nH]4)CC3)nn2)cc1. The number of hydrogen-bond donors (Lipinski definition) is 1. The van der Waals surface area contributed by atoms with Crippen molar-refractivity contribution in [2.24, 2.45) is 0 Å². The lowest BCUT2D eigenvalue weighted by Crippen LogP contribution is -2.33. The van der Waals surface area contributed by atoms with Gasteiger partial charge in [0.2, 0.25) is 0 Å². The van der Waals surface area contributed by atoms with Crippen molar-refractivity contribution in [1.82, 2.24) is 20.2 Å². The Morgan fingerprint density at radius 2 is 1.62 bits per heavy atom. The molecule has 0 spiro atoms. The molecule has 1 aliphatic heterocycles.